The molecule has 1 aromatic carbocycles. The van der Waals surface area contributed by atoms with Crippen molar-refractivity contribution in [1.29, 1.82) is 0 Å². The van der Waals surface area contributed by atoms with Gasteiger partial charge in [-0.3, -0.25) is 0 Å². The molecule has 2 rings (SSSR count). The van der Waals surface area contributed by atoms with E-state index in [-0.39, 0.29) is 11.9 Å². The van der Waals surface area contributed by atoms with Crippen molar-refractivity contribution in [3.05, 3.63) is 22.4 Å². The molecule has 0 saturated carbocycles. The van der Waals surface area contributed by atoms with Crippen LogP contribution in [0.5, 0.6) is 0 Å². The summed E-state index contributed by atoms with van der Waals surface area (Å²) in [6.45, 7) is 4.46. The minimum Gasteiger partial charge on any atom is -0.397 e. The van der Waals surface area contributed by atoms with Gasteiger partial charge in [0.2, 0.25) is 0 Å². The Morgan fingerprint density at radius 2 is 2.29 bits per heavy atom. The van der Waals surface area contributed by atoms with Crippen molar-refractivity contribution in [3.63, 3.8) is 0 Å². The van der Waals surface area contributed by atoms with Crippen molar-refractivity contribution >= 4 is 27.3 Å². The van der Waals surface area contributed by atoms with E-state index in [1.165, 1.54) is 6.07 Å². The monoisotopic (exact) mass is 302 g/mol. The normalized spacial score (nSPS) is 21.4. The van der Waals surface area contributed by atoms with Crippen LogP contribution in [0.15, 0.2) is 16.6 Å². The highest BCUT2D eigenvalue weighted by atomic mass is 79.9. The zero-order valence-corrected chi connectivity index (χ0v) is 11.3. The van der Waals surface area contributed by atoms with Gasteiger partial charge in [0.05, 0.1) is 22.0 Å². The van der Waals surface area contributed by atoms with E-state index < -0.39 is 0 Å². The van der Waals surface area contributed by atoms with E-state index in [4.69, 9.17) is 10.5 Å². The summed E-state index contributed by atoms with van der Waals surface area (Å²) in [7, 11) is 0. The molecule has 1 aliphatic rings. The zero-order chi connectivity index (χ0) is 12.4. The van der Waals surface area contributed by atoms with Gasteiger partial charge in [0.15, 0.2) is 0 Å². The maximum atomic E-state index is 13.3. The summed E-state index contributed by atoms with van der Waals surface area (Å²) in [5.41, 5.74) is 7.22. The molecular weight excluding hydrogens is 287 g/mol. The summed E-state index contributed by atoms with van der Waals surface area (Å²) in [5, 5.41) is 0. The molecule has 1 saturated heterocycles. The maximum absolute atomic E-state index is 13.3. The van der Waals surface area contributed by atoms with Gasteiger partial charge in [0.25, 0.3) is 0 Å². The van der Waals surface area contributed by atoms with Crippen molar-refractivity contribution in [1.82, 2.24) is 0 Å². The van der Waals surface area contributed by atoms with Crippen LogP contribution in [0.4, 0.5) is 15.8 Å². The van der Waals surface area contributed by atoms with Crippen LogP contribution in [0, 0.1) is 5.82 Å². The lowest BCUT2D eigenvalue weighted by Crippen LogP contribution is -2.30. The van der Waals surface area contributed by atoms with Gasteiger partial charge >= 0.3 is 0 Å². The lowest BCUT2D eigenvalue weighted by atomic mass is 10.2. The maximum Gasteiger partial charge on any atom is 0.139 e. The molecule has 5 heteroatoms. The molecule has 0 spiro atoms. The van der Waals surface area contributed by atoms with Gasteiger partial charge in [-0.15, -0.1) is 0 Å². The van der Waals surface area contributed by atoms with Crippen LogP contribution >= 0.6 is 15.9 Å². The fraction of sp³-hybridized carbons (Fsp3) is 0.500. The molecule has 0 aromatic heterocycles. The summed E-state index contributed by atoms with van der Waals surface area (Å²) < 4.78 is 19.3. The zero-order valence-electron chi connectivity index (χ0n) is 9.75. The van der Waals surface area contributed by atoms with Crippen LogP contribution in [0.3, 0.4) is 0 Å². The molecule has 0 amide bonds. The van der Waals surface area contributed by atoms with E-state index in [1.807, 2.05) is 6.92 Å². The molecule has 1 fully saturated rings. The first-order valence-electron chi connectivity index (χ1n) is 5.69. The van der Waals surface area contributed by atoms with Crippen LogP contribution in [-0.4, -0.2) is 25.8 Å². The van der Waals surface area contributed by atoms with Gasteiger partial charge in [-0.05, 0) is 35.3 Å². The number of benzene rings is 1. The van der Waals surface area contributed by atoms with Crippen LogP contribution < -0.4 is 10.6 Å². The number of ether oxygens (including phenoxy) is 1. The van der Waals surface area contributed by atoms with Crippen molar-refractivity contribution in [2.45, 2.75) is 19.4 Å². The molecule has 2 N–H and O–H groups in total. The Kier molecular flexibility index (Phi) is 3.89. The van der Waals surface area contributed by atoms with Crippen molar-refractivity contribution in [3.8, 4) is 0 Å². The Bertz CT molecular complexity index is 414. The average Bonchev–Trinajstić information content (AvgIpc) is 2.48. The van der Waals surface area contributed by atoms with Crippen LogP contribution in [0.25, 0.3) is 0 Å². The Hall–Kier alpha value is -0.810. The van der Waals surface area contributed by atoms with Crippen molar-refractivity contribution in [2.24, 2.45) is 0 Å². The van der Waals surface area contributed by atoms with Gasteiger partial charge in [0, 0.05) is 25.8 Å². The molecule has 1 aliphatic heterocycles. The van der Waals surface area contributed by atoms with Gasteiger partial charge < -0.3 is 15.4 Å². The van der Waals surface area contributed by atoms with E-state index in [0.29, 0.717) is 10.2 Å². The molecule has 3 nitrogen and oxygen atoms in total. The fourth-order valence-electron chi connectivity index (χ4n) is 2.04. The number of nitrogens with two attached hydrogens (primary N) is 1. The van der Waals surface area contributed by atoms with E-state index in [2.05, 4.69) is 20.8 Å². The number of hydrogen-bond donors (Lipinski definition) is 1. The second kappa shape index (κ2) is 5.23. The highest BCUT2D eigenvalue weighted by molar-refractivity contribution is 9.10. The molecule has 94 valence electrons. The number of halogens is 2. The SMILES string of the molecule is CC1CN(c2cc(Br)c(F)cc2N)CCCO1. The number of rotatable bonds is 1. The van der Waals surface area contributed by atoms with Crippen LogP contribution in [0.2, 0.25) is 0 Å². The fourth-order valence-corrected chi connectivity index (χ4v) is 2.37. The minimum atomic E-state index is -0.328. The third-order valence-corrected chi connectivity index (χ3v) is 3.47. The van der Waals surface area contributed by atoms with E-state index >= 15 is 0 Å². The summed E-state index contributed by atoms with van der Waals surface area (Å²) in [6.07, 6.45) is 1.12. The Labute approximate surface area is 109 Å². The van der Waals surface area contributed by atoms with Gasteiger partial charge in [0.1, 0.15) is 5.82 Å². The molecule has 1 heterocycles. The smallest absolute Gasteiger partial charge is 0.139 e. The van der Waals surface area contributed by atoms with Crippen LogP contribution in [0.1, 0.15) is 13.3 Å². The number of nitrogen functional groups attached to an aromatic ring is 1. The second-order valence-electron chi connectivity index (χ2n) is 4.31. The minimum absolute atomic E-state index is 0.167. The Balaban J connectivity index is 2.28. The highest BCUT2D eigenvalue weighted by Crippen LogP contribution is 2.30. The van der Waals surface area contributed by atoms with Crippen molar-refractivity contribution in [2.75, 3.05) is 30.3 Å². The molecule has 17 heavy (non-hydrogen) atoms. The Morgan fingerprint density at radius 1 is 1.53 bits per heavy atom. The van der Waals surface area contributed by atoms with Crippen LogP contribution in [-0.2, 0) is 4.74 Å². The first-order valence-corrected chi connectivity index (χ1v) is 6.48. The number of hydrogen-bond acceptors (Lipinski definition) is 3. The summed E-state index contributed by atoms with van der Waals surface area (Å²) in [6, 6.07) is 3.10. The molecule has 1 aromatic rings. The predicted octanol–water partition coefficient (Wildman–Crippen LogP) is 2.79. The summed E-state index contributed by atoms with van der Waals surface area (Å²) in [4.78, 5) is 2.15. The Morgan fingerprint density at radius 3 is 3.06 bits per heavy atom. The summed E-state index contributed by atoms with van der Waals surface area (Å²) in [5.74, 6) is -0.328. The van der Waals surface area contributed by atoms with Gasteiger partial charge in [-0.25, -0.2) is 4.39 Å². The lowest BCUT2D eigenvalue weighted by Gasteiger charge is -2.26. The van der Waals surface area contributed by atoms with Gasteiger partial charge in [-0.2, -0.15) is 0 Å². The molecule has 1 unspecified atom stereocenters. The van der Waals surface area contributed by atoms with E-state index in [9.17, 15) is 4.39 Å². The van der Waals surface area contributed by atoms with Crippen molar-refractivity contribution < 1.29 is 9.13 Å². The predicted molar refractivity (Wildman–Crippen MR) is 70.8 cm³/mol. The van der Waals surface area contributed by atoms with E-state index in [1.54, 1.807) is 6.07 Å². The standard InChI is InChI=1S/C12H16BrFN2O/c1-8-7-16(3-2-4-17-8)12-5-9(13)10(14)6-11(12)15/h5-6,8H,2-4,7,15H2,1H3. The van der Waals surface area contributed by atoms with E-state index in [0.717, 1.165) is 31.8 Å². The third-order valence-electron chi connectivity index (χ3n) is 2.86. The highest BCUT2D eigenvalue weighted by Gasteiger charge is 2.18. The third kappa shape index (κ3) is 2.90. The average molecular weight is 303 g/mol. The largest absolute Gasteiger partial charge is 0.397 e. The van der Waals surface area contributed by atoms with Gasteiger partial charge in [-0.1, -0.05) is 0 Å². The number of anilines is 2. The first kappa shape index (κ1) is 12.6. The first-order chi connectivity index (χ1) is 8.08. The summed E-state index contributed by atoms with van der Waals surface area (Å²) >= 11 is 3.19. The molecule has 0 bridgehead atoms. The topological polar surface area (TPSA) is 38.5 Å². The molecule has 1 atom stereocenters. The second-order valence-corrected chi connectivity index (χ2v) is 5.16. The molecule has 0 radical (unpaired) electrons. The number of nitrogens with zero attached hydrogens (tertiary/aromatic N) is 1. The lowest BCUT2D eigenvalue weighted by molar-refractivity contribution is 0.0821. The molecule has 0 aliphatic carbocycles. The molecular formula is C12H16BrFN2O. The quantitative estimate of drug-likeness (QED) is 0.811.